The van der Waals surface area contributed by atoms with Crippen LogP contribution in [0.15, 0.2) is 0 Å². The van der Waals surface area contributed by atoms with E-state index in [1.807, 2.05) is 7.11 Å². The highest BCUT2D eigenvalue weighted by atomic mass is 79.9. The van der Waals surface area contributed by atoms with Crippen molar-refractivity contribution in [2.45, 2.75) is 71.6 Å². The lowest BCUT2D eigenvalue weighted by Gasteiger charge is -2.61. The second-order valence-electron chi connectivity index (χ2n) is 10.5. The summed E-state index contributed by atoms with van der Waals surface area (Å²) in [5.74, 6) is 5.05. The van der Waals surface area contributed by atoms with E-state index in [0.717, 1.165) is 42.6 Å². The first kappa shape index (κ1) is 19.4. The van der Waals surface area contributed by atoms with Crippen molar-refractivity contribution in [3.8, 4) is 0 Å². The third-order valence-corrected chi connectivity index (χ3v) is 10.2. The standard InChI is InChI=1S/C23H37BrO2/c1-22-10-8-15(14-26-3)12-16(22)4-5-17-18-6-7-20(21(25)13-24)23(18,2)11-9-19(17)22/h15-20H,4-14H2,1-3H3/t15?,16-,17?,18?,19?,20+,22-,23-/m0/s1. The van der Waals surface area contributed by atoms with Crippen LogP contribution in [0.5, 0.6) is 0 Å². The number of hydrogen-bond donors (Lipinski definition) is 0. The molecule has 0 bridgehead atoms. The van der Waals surface area contributed by atoms with Gasteiger partial charge in [0.05, 0.1) is 5.33 Å². The minimum absolute atomic E-state index is 0.280. The molecular formula is C23H37BrO2. The van der Waals surface area contributed by atoms with E-state index in [1.165, 1.54) is 51.4 Å². The number of Topliss-reactive ketones (excluding diaryl/α,β-unsaturated/α-hetero) is 1. The van der Waals surface area contributed by atoms with Crippen LogP contribution in [0, 0.1) is 46.3 Å². The van der Waals surface area contributed by atoms with Crippen LogP contribution < -0.4 is 0 Å². The first-order valence-electron chi connectivity index (χ1n) is 11.0. The lowest BCUT2D eigenvalue weighted by Crippen LogP contribution is -2.54. The maximum atomic E-state index is 12.6. The SMILES string of the molecule is COCC1CC[C@]2(C)C3CC[C@@]4(C)C(CC[C@@H]4C(=O)CBr)C3CC[C@H]2C1. The van der Waals surface area contributed by atoms with E-state index < -0.39 is 0 Å². The van der Waals surface area contributed by atoms with Crippen LogP contribution in [-0.4, -0.2) is 24.8 Å². The first-order valence-corrected chi connectivity index (χ1v) is 12.1. The van der Waals surface area contributed by atoms with E-state index in [1.54, 1.807) is 0 Å². The van der Waals surface area contributed by atoms with Gasteiger partial charge < -0.3 is 4.74 Å². The smallest absolute Gasteiger partial charge is 0.147 e. The molecule has 2 nitrogen and oxygen atoms in total. The van der Waals surface area contributed by atoms with Crippen LogP contribution in [-0.2, 0) is 9.53 Å². The maximum absolute atomic E-state index is 12.6. The zero-order valence-corrected chi connectivity index (χ0v) is 18.5. The Morgan fingerprint density at radius 2 is 1.73 bits per heavy atom. The molecule has 26 heavy (non-hydrogen) atoms. The number of carbonyl (C=O) groups is 1. The molecule has 4 aliphatic carbocycles. The molecule has 0 radical (unpaired) electrons. The van der Waals surface area contributed by atoms with Crippen molar-refractivity contribution >= 4 is 21.7 Å². The molecule has 0 aliphatic heterocycles. The topological polar surface area (TPSA) is 26.3 Å². The Labute approximate surface area is 168 Å². The summed E-state index contributed by atoms with van der Waals surface area (Å²) >= 11 is 3.45. The molecule has 4 unspecified atom stereocenters. The second-order valence-corrected chi connectivity index (χ2v) is 11.1. The quantitative estimate of drug-likeness (QED) is 0.527. The van der Waals surface area contributed by atoms with E-state index in [9.17, 15) is 4.79 Å². The highest BCUT2D eigenvalue weighted by Crippen LogP contribution is 2.67. The summed E-state index contributed by atoms with van der Waals surface area (Å²) in [6.07, 6.45) is 12.1. The molecule has 0 N–H and O–H groups in total. The molecule has 4 rings (SSSR count). The normalized spacial score (nSPS) is 50.6. The summed E-state index contributed by atoms with van der Waals surface area (Å²) in [7, 11) is 1.86. The fourth-order valence-corrected chi connectivity index (χ4v) is 8.75. The lowest BCUT2D eigenvalue weighted by molar-refractivity contribution is -0.135. The monoisotopic (exact) mass is 424 g/mol. The number of ether oxygens (including phenoxy) is 1. The van der Waals surface area contributed by atoms with Crippen molar-refractivity contribution in [2.24, 2.45) is 46.3 Å². The van der Waals surface area contributed by atoms with Crippen LogP contribution in [0.4, 0.5) is 0 Å². The third kappa shape index (κ3) is 2.86. The van der Waals surface area contributed by atoms with Crippen LogP contribution in [0.2, 0.25) is 0 Å². The molecule has 0 aromatic heterocycles. The van der Waals surface area contributed by atoms with Crippen LogP contribution in [0.3, 0.4) is 0 Å². The molecule has 0 saturated heterocycles. The fourth-order valence-electron chi connectivity index (χ4n) is 8.36. The van der Waals surface area contributed by atoms with Crippen molar-refractivity contribution in [3.05, 3.63) is 0 Å². The number of alkyl halides is 1. The van der Waals surface area contributed by atoms with Gasteiger partial charge in [0, 0.05) is 19.6 Å². The van der Waals surface area contributed by atoms with Crippen molar-refractivity contribution in [1.29, 1.82) is 0 Å². The second kappa shape index (κ2) is 7.17. The molecule has 8 atom stereocenters. The summed E-state index contributed by atoms with van der Waals surface area (Å²) < 4.78 is 5.48. The fraction of sp³-hybridized carbons (Fsp3) is 0.957. The largest absolute Gasteiger partial charge is 0.384 e. The zero-order valence-electron chi connectivity index (χ0n) is 16.9. The molecule has 4 aliphatic rings. The van der Waals surface area contributed by atoms with Crippen molar-refractivity contribution in [1.82, 2.24) is 0 Å². The Kier molecular flexibility index (Phi) is 5.36. The molecular weight excluding hydrogens is 388 g/mol. The lowest BCUT2D eigenvalue weighted by atomic mass is 9.44. The zero-order chi connectivity index (χ0) is 18.5. The predicted molar refractivity (Wildman–Crippen MR) is 109 cm³/mol. The Morgan fingerprint density at radius 1 is 1.00 bits per heavy atom. The number of ketones is 1. The van der Waals surface area contributed by atoms with Crippen molar-refractivity contribution < 1.29 is 9.53 Å². The molecule has 3 heteroatoms. The van der Waals surface area contributed by atoms with Gasteiger partial charge in [-0.15, -0.1) is 0 Å². The summed E-state index contributed by atoms with van der Waals surface area (Å²) in [6, 6.07) is 0. The number of halogens is 1. The van der Waals surface area contributed by atoms with Gasteiger partial charge in [-0.2, -0.15) is 0 Å². The van der Waals surface area contributed by atoms with Crippen LogP contribution in [0.25, 0.3) is 0 Å². The van der Waals surface area contributed by atoms with Gasteiger partial charge in [-0.25, -0.2) is 0 Å². The number of hydrogen-bond acceptors (Lipinski definition) is 2. The van der Waals surface area contributed by atoms with Gasteiger partial charge in [0.25, 0.3) is 0 Å². The molecule has 148 valence electrons. The van der Waals surface area contributed by atoms with Crippen molar-refractivity contribution in [3.63, 3.8) is 0 Å². The maximum Gasteiger partial charge on any atom is 0.147 e. The van der Waals surface area contributed by atoms with E-state index in [-0.39, 0.29) is 5.41 Å². The number of rotatable bonds is 4. The van der Waals surface area contributed by atoms with Gasteiger partial charge in [-0.05, 0) is 98.2 Å². The molecule has 0 aromatic rings. The van der Waals surface area contributed by atoms with Gasteiger partial charge in [0.15, 0.2) is 0 Å². The van der Waals surface area contributed by atoms with E-state index >= 15 is 0 Å². The van der Waals surface area contributed by atoms with E-state index in [2.05, 4.69) is 29.8 Å². The summed E-state index contributed by atoms with van der Waals surface area (Å²) in [5.41, 5.74) is 0.828. The Bertz CT molecular complexity index is 548. The third-order valence-electron chi connectivity index (χ3n) is 9.70. The number of fused-ring (bicyclic) bond motifs is 5. The average Bonchev–Trinajstić information content (AvgIpc) is 2.99. The molecule has 0 heterocycles. The minimum Gasteiger partial charge on any atom is -0.384 e. The van der Waals surface area contributed by atoms with Gasteiger partial charge >= 0.3 is 0 Å². The molecule has 0 spiro atoms. The molecule has 0 aromatic carbocycles. The molecule has 0 amide bonds. The molecule has 4 fully saturated rings. The minimum atomic E-state index is 0.280. The van der Waals surface area contributed by atoms with Gasteiger partial charge in [0.2, 0.25) is 0 Å². The average molecular weight is 425 g/mol. The summed E-state index contributed by atoms with van der Waals surface area (Å²) in [4.78, 5) is 12.6. The first-order chi connectivity index (χ1) is 12.4. The highest BCUT2D eigenvalue weighted by molar-refractivity contribution is 9.09. The predicted octanol–water partition coefficient (Wildman–Crippen LogP) is 5.87. The Balaban J connectivity index is 1.54. The number of methoxy groups -OCH3 is 1. The van der Waals surface area contributed by atoms with Crippen LogP contribution in [0.1, 0.15) is 71.6 Å². The Morgan fingerprint density at radius 3 is 2.46 bits per heavy atom. The van der Waals surface area contributed by atoms with Gasteiger partial charge in [0.1, 0.15) is 5.78 Å². The number of carbonyl (C=O) groups excluding carboxylic acids is 1. The Hall–Kier alpha value is 0.110. The highest BCUT2D eigenvalue weighted by Gasteiger charge is 2.60. The van der Waals surface area contributed by atoms with E-state index in [0.29, 0.717) is 22.4 Å². The molecule has 4 saturated carbocycles. The van der Waals surface area contributed by atoms with E-state index in [4.69, 9.17) is 4.74 Å². The summed E-state index contributed by atoms with van der Waals surface area (Å²) in [6.45, 7) is 6.06. The van der Waals surface area contributed by atoms with Crippen LogP contribution >= 0.6 is 15.9 Å². The van der Waals surface area contributed by atoms with Crippen molar-refractivity contribution in [2.75, 3.05) is 19.0 Å². The summed E-state index contributed by atoms with van der Waals surface area (Å²) in [5, 5.41) is 0.550. The van der Waals surface area contributed by atoms with Gasteiger partial charge in [-0.1, -0.05) is 29.8 Å². The van der Waals surface area contributed by atoms with Gasteiger partial charge in [-0.3, -0.25) is 4.79 Å².